The third-order valence-electron chi connectivity index (χ3n) is 4.09. The molecular weight excluding hydrogens is 304 g/mol. The molecule has 0 atom stereocenters. The van der Waals surface area contributed by atoms with E-state index in [9.17, 15) is 15.0 Å². The molecule has 4 nitrogen and oxygen atoms in total. The molecule has 0 bridgehead atoms. The molecule has 0 saturated heterocycles. The number of hydrogen-bond acceptors (Lipinski definition) is 4. The Kier molecular flexibility index (Phi) is 4.06. The van der Waals surface area contributed by atoms with Gasteiger partial charge in [-0.3, -0.25) is 4.79 Å². The predicted octanol–water partition coefficient (Wildman–Crippen LogP) is 3.90. The molecular formula is C20H19O4. The van der Waals surface area contributed by atoms with E-state index in [0.717, 1.165) is 5.56 Å². The number of phenolic OH excluding ortho intramolecular Hbond substituents is 2. The fourth-order valence-corrected chi connectivity index (χ4v) is 2.76. The molecule has 2 N–H and O–H groups in total. The van der Waals surface area contributed by atoms with Crippen LogP contribution in [0.25, 0.3) is 6.08 Å². The predicted molar refractivity (Wildman–Crippen MR) is 91.4 cm³/mol. The Balaban J connectivity index is 2.01. The second kappa shape index (κ2) is 6.04. The molecule has 0 fully saturated rings. The number of carbonyl (C=O) groups is 1. The Labute approximate surface area is 141 Å². The van der Waals surface area contributed by atoms with Crippen LogP contribution in [-0.4, -0.2) is 21.6 Å². The van der Waals surface area contributed by atoms with Gasteiger partial charge in [-0.2, -0.15) is 0 Å². The first-order valence-electron chi connectivity index (χ1n) is 7.84. The van der Waals surface area contributed by atoms with Crippen molar-refractivity contribution in [2.24, 2.45) is 0 Å². The fourth-order valence-electron chi connectivity index (χ4n) is 2.76. The zero-order chi connectivity index (χ0) is 17.3. The molecule has 1 radical (unpaired) electrons. The van der Waals surface area contributed by atoms with Crippen molar-refractivity contribution in [3.05, 3.63) is 59.2 Å². The van der Waals surface area contributed by atoms with Gasteiger partial charge in [-0.25, -0.2) is 0 Å². The minimum atomic E-state index is -0.467. The molecule has 0 amide bonds. The Morgan fingerprint density at radius 3 is 2.62 bits per heavy atom. The number of carbonyl (C=O) groups excluding carboxylic acids is 1. The Bertz CT molecular complexity index is 804. The average molecular weight is 323 g/mol. The average Bonchev–Trinajstić information content (AvgIpc) is 2.52. The number of ether oxygens (including phenoxy) is 1. The van der Waals surface area contributed by atoms with Crippen LogP contribution in [0, 0.1) is 6.07 Å². The van der Waals surface area contributed by atoms with Gasteiger partial charge >= 0.3 is 0 Å². The van der Waals surface area contributed by atoms with Gasteiger partial charge in [-0.15, -0.1) is 0 Å². The van der Waals surface area contributed by atoms with Crippen molar-refractivity contribution in [2.45, 2.75) is 32.3 Å². The summed E-state index contributed by atoms with van der Waals surface area (Å²) in [4.78, 5) is 12.6. The van der Waals surface area contributed by atoms with E-state index in [-0.39, 0.29) is 22.8 Å². The zero-order valence-electron chi connectivity index (χ0n) is 13.7. The molecule has 3 rings (SSSR count). The SMILES string of the molecule is CC1(C)CCc2c(O)[c]c(O)c(C(=O)C=Cc3ccccc3)c2O1. The number of ketones is 1. The summed E-state index contributed by atoms with van der Waals surface area (Å²) in [5.41, 5.74) is 0.973. The first-order valence-corrected chi connectivity index (χ1v) is 7.84. The van der Waals surface area contributed by atoms with Crippen LogP contribution < -0.4 is 4.74 Å². The lowest BCUT2D eigenvalue weighted by molar-refractivity contribution is 0.0800. The number of phenols is 2. The maximum absolute atomic E-state index is 12.6. The van der Waals surface area contributed by atoms with Crippen molar-refractivity contribution in [2.75, 3.05) is 0 Å². The largest absolute Gasteiger partial charge is 0.507 e. The number of fused-ring (bicyclic) bond motifs is 1. The summed E-state index contributed by atoms with van der Waals surface area (Å²) in [6.07, 6.45) is 4.34. The van der Waals surface area contributed by atoms with Crippen LogP contribution in [0.2, 0.25) is 0 Å². The number of rotatable bonds is 3. The molecule has 123 valence electrons. The third kappa shape index (κ3) is 3.13. The van der Waals surface area contributed by atoms with Gasteiger partial charge in [0.15, 0.2) is 5.78 Å². The summed E-state index contributed by atoms with van der Waals surface area (Å²) in [5.74, 6) is -0.697. The minimum Gasteiger partial charge on any atom is -0.507 e. The highest BCUT2D eigenvalue weighted by molar-refractivity contribution is 6.11. The van der Waals surface area contributed by atoms with Crippen LogP contribution in [0.1, 0.15) is 41.8 Å². The monoisotopic (exact) mass is 323 g/mol. The van der Waals surface area contributed by atoms with Crippen LogP contribution >= 0.6 is 0 Å². The molecule has 2 aromatic rings. The van der Waals surface area contributed by atoms with E-state index >= 15 is 0 Å². The minimum absolute atomic E-state index is 0.0442. The van der Waals surface area contributed by atoms with Gasteiger partial charge in [0.2, 0.25) is 0 Å². The number of benzene rings is 2. The molecule has 0 aliphatic carbocycles. The van der Waals surface area contributed by atoms with E-state index in [1.165, 1.54) is 6.08 Å². The lowest BCUT2D eigenvalue weighted by Crippen LogP contribution is -2.33. The first-order chi connectivity index (χ1) is 11.4. The Hall–Kier alpha value is -2.75. The maximum Gasteiger partial charge on any atom is 0.193 e. The highest BCUT2D eigenvalue weighted by atomic mass is 16.5. The van der Waals surface area contributed by atoms with Crippen LogP contribution in [0.5, 0.6) is 17.2 Å². The summed E-state index contributed by atoms with van der Waals surface area (Å²) in [6, 6.07) is 11.9. The van der Waals surface area contributed by atoms with Crippen LogP contribution in [-0.2, 0) is 6.42 Å². The van der Waals surface area contributed by atoms with E-state index in [2.05, 4.69) is 6.07 Å². The summed E-state index contributed by atoms with van der Waals surface area (Å²) in [5, 5.41) is 20.1. The fraction of sp³-hybridized carbons (Fsp3) is 0.250. The molecule has 1 aliphatic heterocycles. The molecule has 1 aliphatic rings. The quantitative estimate of drug-likeness (QED) is 0.664. The molecule has 24 heavy (non-hydrogen) atoms. The van der Waals surface area contributed by atoms with Crippen molar-refractivity contribution >= 4 is 11.9 Å². The van der Waals surface area contributed by atoms with Crippen molar-refractivity contribution in [1.29, 1.82) is 0 Å². The first kappa shape index (κ1) is 16.1. The highest BCUT2D eigenvalue weighted by Crippen LogP contribution is 2.44. The number of allylic oxidation sites excluding steroid dienone is 1. The topological polar surface area (TPSA) is 66.8 Å². The van der Waals surface area contributed by atoms with Crippen LogP contribution in [0.3, 0.4) is 0 Å². The van der Waals surface area contributed by atoms with Crippen molar-refractivity contribution in [3.8, 4) is 17.2 Å². The van der Waals surface area contributed by atoms with Crippen molar-refractivity contribution < 1.29 is 19.7 Å². The second-order valence-electron chi connectivity index (χ2n) is 6.47. The molecule has 0 unspecified atom stereocenters. The Morgan fingerprint density at radius 2 is 1.92 bits per heavy atom. The van der Waals surface area contributed by atoms with Gasteiger partial charge in [-0.05, 0) is 38.3 Å². The van der Waals surface area contributed by atoms with Gasteiger partial charge in [0.05, 0.1) is 6.07 Å². The van der Waals surface area contributed by atoms with Crippen molar-refractivity contribution in [3.63, 3.8) is 0 Å². The second-order valence-corrected chi connectivity index (χ2v) is 6.47. The highest BCUT2D eigenvalue weighted by Gasteiger charge is 2.33. The van der Waals surface area contributed by atoms with E-state index in [0.29, 0.717) is 18.4 Å². The molecule has 0 aromatic heterocycles. The van der Waals surface area contributed by atoms with Gasteiger partial charge in [0.1, 0.15) is 28.4 Å². The molecule has 4 heteroatoms. The van der Waals surface area contributed by atoms with Gasteiger partial charge < -0.3 is 14.9 Å². The molecule has 0 saturated carbocycles. The van der Waals surface area contributed by atoms with E-state index in [4.69, 9.17) is 4.74 Å². The van der Waals surface area contributed by atoms with Crippen LogP contribution in [0.4, 0.5) is 0 Å². The van der Waals surface area contributed by atoms with Gasteiger partial charge in [0.25, 0.3) is 0 Å². The van der Waals surface area contributed by atoms with Crippen molar-refractivity contribution in [1.82, 2.24) is 0 Å². The molecule has 2 aromatic carbocycles. The molecule has 0 spiro atoms. The number of aromatic hydroxyl groups is 2. The summed E-state index contributed by atoms with van der Waals surface area (Å²) >= 11 is 0. The zero-order valence-corrected chi connectivity index (χ0v) is 13.7. The summed E-state index contributed by atoms with van der Waals surface area (Å²) in [7, 11) is 0. The number of hydrogen-bond donors (Lipinski definition) is 2. The van der Waals surface area contributed by atoms with E-state index in [1.807, 2.05) is 44.2 Å². The van der Waals surface area contributed by atoms with Crippen LogP contribution in [0.15, 0.2) is 36.4 Å². The van der Waals surface area contributed by atoms with Gasteiger partial charge in [0, 0.05) is 5.56 Å². The summed E-state index contributed by atoms with van der Waals surface area (Å²) < 4.78 is 5.89. The molecule has 1 heterocycles. The standard InChI is InChI=1S/C20H19O4/c1-20(2)11-10-14-16(22)12-17(23)18(19(14)24-20)15(21)9-8-13-6-4-3-5-7-13/h3-9,22-23H,10-11H2,1-2H3. The summed E-state index contributed by atoms with van der Waals surface area (Å²) in [6.45, 7) is 3.82. The normalized spacial score (nSPS) is 15.8. The Morgan fingerprint density at radius 1 is 1.21 bits per heavy atom. The lowest BCUT2D eigenvalue weighted by Gasteiger charge is -2.34. The maximum atomic E-state index is 12.6. The van der Waals surface area contributed by atoms with E-state index in [1.54, 1.807) is 6.08 Å². The lowest BCUT2D eigenvalue weighted by atomic mass is 9.90. The smallest absolute Gasteiger partial charge is 0.193 e. The van der Waals surface area contributed by atoms with Gasteiger partial charge in [-0.1, -0.05) is 36.4 Å². The third-order valence-corrected chi connectivity index (χ3v) is 4.09. The van der Waals surface area contributed by atoms with E-state index < -0.39 is 11.4 Å².